The summed E-state index contributed by atoms with van der Waals surface area (Å²) >= 11 is 0. The number of methoxy groups -OCH3 is 1. The number of aryl methyl sites for hydroxylation is 1. The van der Waals surface area contributed by atoms with Gasteiger partial charge in [-0.05, 0) is 39.2 Å². The molecule has 1 aromatic heterocycles. The largest absolute Gasteiger partial charge is 0.465 e. The van der Waals surface area contributed by atoms with Crippen LogP contribution in [0.1, 0.15) is 51.9 Å². The first-order valence-electron chi connectivity index (χ1n) is 7.74. The fraction of sp³-hybridized carbons (Fsp3) is 0.562. The maximum Gasteiger partial charge on any atom is 0.339 e. The minimum Gasteiger partial charge on any atom is -0.465 e. The summed E-state index contributed by atoms with van der Waals surface area (Å²) in [7, 11) is 1.30. The fourth-order valence-electron chi connectivity index (χ4n) is 2.93. The number of esters is 1. The number of H-pyrrole nitrogens is 1. The Labute approximate surface area is 135 Å². The Morgan fingerprint density at radius 2 is 1.83 bits per heavy atom. The molecule has 0 radical (unpaired) electrons. The van der Waals surface area contributed by atoms with E-state index in [0.29, 0.717) is 16.8 Å². The standard InChI is InChI=1S/C16H23N3O4/c1-9-12(16(22)23-4)10(2)17-13(9)14(20)18-11(3)15(21)19-7-5-6-8-19/h11,17H,5-8H2,1-4H3,(H,18,20)/t11-/m0/s1. The van der Waals surface area contributed by atoms with Crippen LogP contribution in [0.15, 0.2) is 0 Å². The second-order valence-corrected chi connectivity index (χ2v) is 5.84. The van der Waals surface area contributed by atoms with Gasteiger partial charge in [0.1, 0.15) is 11.7 Å². The number of aromatic amines is 1. The molecule has 2 rings (SSSR count). The van der Waals surface area contributed by atoms with Crippen LogP contribution in [0.3, 0.4) is 0 Å². The first-order chi connectivity index (χ1) is 10.9. The van der Waals surface area contributed by atoms with Gasteiger partial charge in [0.15, 0.2) is 0 Å². The molecule has 1 saturated heterocycles. The third-order valence-electron chi connectivity index (χ3n) is 4.19. The van der Waals surface area contributed by atoms with Crippen LogP contribution in [0.4, 0.5) is 0 Å². The summed E-state index contributed by atoms with van der Waals surface area (Å²) in [4.78, 5) is 41.1. The summed E-state index contributed by atoms with van der Waals surface area (Å²) in [6, 6.07) is -0.606. The van der Waals surface area contributed by atoms with Gasteiger partial charge >= 0.3 is 5.97 Å². The highest BCUT2D eigenvalue weighted by molar-refractivity contribution is 6.01. The molecule has 126 valence electrons. The Kier molecular flexibility index (Phi) is 5.08. The summed E-state index contributed by atoms with van der Waals surface area (Å²) in [6.07, 6.45) is 2.01. The molecule has 0 bridgehead atoms. The van der Waals surface area contributed by atoms with Gasteiger partial charge in [-0.2, -0.15) is 0 Å². The van der Waals surface area contributed by atoms with Crippen LogP contribution in [-0.4, -0.2) is 53.9 Å². The normalized spacial score (nSPS) is 15.4. The molecule has 1 aliphatic heterocycles. The molecule has 23 heavy (non-hydrogen) atoms. The predicted molar refractivity (Wildman–Crippen MR) is 84.3 cm³/mol. The molecule has 7 heteroatoms. The highest BCUT2D eigenvalue weighted by Gasteiger charge is 2.27. The van der Waals surface area contributed by atoms with Gasteiger partial charge in [-0.25, -0.2) is 4.79 Å². The average Bonchev–Trinajstić information content (AvgIpc) is 3.14. The fourth-order valence-corrected chi connectivity index (χ4v) is 2.93. The van der Waals surface area contributed by atoms with E-state index >= 15 is 0 Å². The first-order valence-corrected chi connectivity index (χ1v) is 7.74. The molecule has 7 nitrogen and oxygen atoms in total. The van der Waals surface area contributed by atoms with Crippen molar-refractivity contribution in [2.24, 2.45) is 0 Å². The number of ether oxygens (including phenoxy) is 1. The van der Waals surface area contributed by atoms with Crippen molar-refractivity contribution in [1.29, 1.82) is 0 Å². The van der Waals surface area contributed by atoms with E-state index in [-0.39, 0.29) is 11.6 Å². The summed E-state index contributed by atoms with van der Waals surface area (Å²) in [5.41, 5.74) is 1.73. The van der Waals surface area contributed by atoms with E-state index in [4.69, 9.17) is 4.74 Å². The lowest BCUT2D eigenvalue weighted by Gasteiger charge is -2.21. The summed E-state index contributed by atoms with van der Waals surface area (Å²) < 4.78 is 4.73. The second kappa shape index (κ2) is 6.85. The number of aromatic nitrogens is 1. The van der Waals surface area contributed by atoms with Gasteiger partial charge in [-0.1, -0.05) is 0 Å². The van der Waals surface area contributed by atoms with Gasteiger partial charge in [0.25, 0.3) is 5.91 Å². The van der Waals surface area contributed by atoms with Crippen molar-refractivity contribution >= 4 is 17.8 Å². The summed E-state index contributed by atoms with van der Waals surface area (Å²) in [5, 5.41) is 2.70. The van der Waals surface area contributed by atoms with Crippen molar-refractivity contribution in [1.82, 2.24) is 15.2 Å². The molecule has 0 unspecified atom stereocenters. The van der Waals surface area contributed by atoms with Crippen molar-refractivity contribution in [3.8, 4) is 0 Å². The summed E-state index contributed by atoms with van der Waals surface area (Å²) in [5.74, 6) is -0.970. The van der Waals surface area contributed by atoms with Crippen LogP contribution in [0.5, 0.6) is 0 Å². The highest BCUT2D eigenvalue weighted by Crippen LogP contribution is 2.19. The molecule has 1 atom stereocenters. The lowest BCUT2D eigenvalue weighted by molar-refractivity contribution is -0.131. The van der Waals surface area contributed by atoms with Gasteiger partial charge in [0.2, 0.25) is 5.91 Å². The lowest BCUT2D eigenvalue weighted by atomic mass is 10.1. The average molecular weight is 321 g/mol. The maximum absolute atomic E-state index is 12.4. The monoisotopic (exact) mass is 321 g/mol. The molecular formula is C16H23N3O4. The van der Waals surface area contributed by atoms with Gasteiger partial charge in [0.05, 0.1) is 12.7 Å². The number of hydrogen-bond donors (Lipinski definition) is 2. The quantitative estimate of drug-likeness (QED) is 0.814. The van der Waals surface area contributed by atoms with E-state index in [1.54, 1.807) is 25.7 Å². The molecule has 0 aromatic carbocycles. The molecule has 1 fully saturated rings. The van der Waals surface area contributed by atoms with Crippen molar-refractivity contribution in [3.63, 3.8) is 0 Å². The van der Waals surface area contributed by atoms with E-state index in [2.05, 4.69) is 10.3 Å². The van der Waals surface area contributed by atoms with Gasteiger partial charge < -0.3 is 19.9 Å². The van der Waals surface area contributed by atoms with Crippen LogP contribution in [-0.2, 0) is 9.53 Å². The Bertz CT molecular complexity index is 630. The Balaban J connectivity index is 2.11. The third kappa shape index (κ3) is 3.38. The molecule has 1 aliphatic rings. The topological polar surface area (TPSA) is 91.5 Å². The molecule has 0 aliphatic carbocycles. The molecule has 2 amide bonds. The first kappa shape index (κ1) is 17.1. The van der Waals surface area contributed by atoms with Crippen molar-refractivity contribution < 1.29 is 19.1 Å². The molecule has 1 aromatic rings. The van der Waals surface area contributed by atoms with Gasteiger partial charge in [-0.15, -0.1) is 0 Å². The Morgan fingerprint density at radius 3 is 2.39 bits per heavy atom. The molecule has 2 heterocycles. The minimum absolute atomic E-state index is 0.0787. The van der Waals surface area contributed by atoms with Gasteiger partial charge in [-0.3, -0.25) is 9.59 Å². The number of nitrogens with zero attached hydrogens (tertiary/aromatic N) is 1. The van der Waals surface area contributed by atoms with Crippen molar-refractivity contribution in [2.45, 2.75) is 39.7 Å². The Morgan fingerprint density at radius 1 is 1.22 bits per heavy atom. The second-order valence-electron chi connectivity index (χ2n) is 5.84. The molecule has 0 spiro atoms. The predicted octanol–water partition coefficient (Wildman–Crippen LogP) is 1.16. The van der Waals surface area contributed by atoms with Crippen LogP contribution < -0.4 is 5.32 Å². The number of nitrogens with one attached hydrogen (secondary N) is 2. The highest BCUT2D eigenvalue weighted by atomic mass is 16.5. The lowest BCUT2D eigenvalue weighted by Crippen LogP contribution is -2.46. The Hall–Kier alpha value is -2.31. The number of likely N-dealkylation sites (tertiary alicyclic amines) is 1. The molecule has 0 saturated carbocycles. The van der Waals surface area contributed by atoms with Gasteiger partial charge in [0, 0.05) is 18.8 Å². The van der Waals surface area contributed by atoms with Crippen LogP contribution in [0, 0.1) is 13.8 Å². The zero-order valence-corrected chi connectivity index (χ0v) is 14.0. The number of carbonyl (C=O) groups is 3. The number of carbonyl (C=O) groups excluding carboxylic acids is 3. The number of rotatable bonds is 4. The zero-order valence-electron chi connectivity index (χ0n) is 14.0. The van der Waals surface area contributed by atoms with Crippen molar-refractivity contribution in [3.05, 3.63) is 22.5 Å². The minimum atomic E-state index is -0.606. The van der Waals surface area contributed by atoms with Crippen molar-refractivity contribution in [2.75, 3.05) is 20.2 Å². The van der Waals surface area contributed by atoms with E-state index in [9.17, 15) is 14.4 Å². The molecular weight excluding hydrogens is 298 g/mol. The van der Waals surface area contributed by atoms with Crippen LogP contribution in [0.25, 0.3) is 0 Å². The van der Waals surface area contributed by atoms with E-state index in [0.717, 1.165) is 25.9 Å². The zero-order chi connectivity index (χ0) is 17.1. The SMILES string of the molecule is COC(=O)c1c(C)[nH]c(C(=O)N[C@@H](C)C(=O)N2CCCC2)c1C. The van der Waals surface area contributed by atoms with E-state index < -0.39 is 17.9 Å². The van der Waals surface area contributed by atoms with Crippen LogP contribution >= 0.6 is 0 Å². The summed E-state index contributed by atoms with van der Waals surface area (Å²) in [6.45, 7) is 6.54. The molecule has 2 N–H and O–H groups in total. The maximum atomic E-state index is 12.4. The van der Waals surface area contributed by atoms with E-state index in [1.807, 2.05) is 0 Å². The number of hydrogen-bond acceptors (Lipinski definition) is 4. The van der Waals surface area contributed by atoms with Crippen LogP contribution in [0.2, 0.25) is 0 Å². The number of amides is 2. The third-order valence-corrected chi connectivity index (χ3v) is 4.19. The van der Waals surface area contributed by atoms with E-state index in [1.165, 1.54) is 7.11 Å². The smallest absolute Gasteiger partial charge is 0.339 e.